The van der Waals surface area contributed by atoms with E-state index in [0.29, 0.717) is 6.04 Å². The monoisotopic (exact) mass is 226 g/mol. The van der Waals surface area contributed by atoms with Gasteiger partial charge in [-0.25, -0.2) is 0 Å². The molecule has 2 atom stereocenters. The van der Waals surface area contributed by atoms with E-state index in [0.717, 1.165) is 26.1 Å². The number of likely N-dealkylation sites (N-methyl/N-ethyl adjacent to an activating group) is 2. The van der Waals surface area contributed by atoms with Crippen molar-refractivity contribution >= 4 is 0 Å². The third kappa shape index (κ3) is 4.22. The Hall–Kier alpha value is -0.420. The highest BCUT2D eigenvalue weighted by atomic mass is 15.3. The standard InChI is InChI=1S/C12H26N4/c1-10(2)7-11(14-13)8-12-9-15(3)5-6-16(12)4/h7,11-12,14H,5-6,8-9,13H2,1-4H3. The molecule has 0 amide bonds. The molecule has 2 unspecified atom stereocenters. The summed E-state index contributed by atoms with van der Waals surface area (Å²) in [5.41, 5.74) is 4.21. The van der Waals surface area contributed by atoms with Crippen LogP contribution in [0.5, 0.6) is 0 Å². The molecule has 16 heavy (non-hydrogen) atoms. The first-order valence-corrected chi connectivity index (χ1v) is 6.03. The molecule has 3 N–H and O–H groups in total. The van der Waals surface area contributed by atoms with Crippen LogP contribution in [0.1, 0.15) is 20.3 Å². The summed E-state index contributed by atoms with van der Waals surface area (Å²) in [6.07, 6.45) is 3.28. The van der Waals surface area contributed by atoms with Crippen molar-refractivity contribution in [3.63, 3.8) is 0 Å². The van der Waals surface area contributed by atoms with Crippen LogP contribution >= 0.6 is 0 Å². The summed E-state index contributed by atoms with van der Waals surface area (Å²) >= 11 is 0. The van der Waals surface area contributed by atoms with Crippen LogP contribution in [-0.4, -0.2) is 55.6 Å². The molecule has 0 saturated carbocycles. The number of nitrogens with one attached hydrogen (secondary N) is 1. The molecule has 0 aromatic rings. The topological polar surface area (TPSA) is 44.5 Å². The lowest BCUT2D eigenvalue weighted by atomic mass is 10.0. The highest BCUT2D eigenvalue weighted by Gasteiger charge is 2.23. The van der Waals surface area contributed by atoms with Gasteiger partial charge in [0.1, 0.15) is 0 Å². The number of piperazine rings is 1. The first-order chi connectivity index (χ1) is 7.52. The molecule has 0 aromatic carbocycles. The number of hydrogen-bond donors (Lipinski definition) is 2. The first-order valence-electron chi connectivity index (χ1n) is 6.03. The molecule has 4 heteroatoms. The number of allylic oxidation sites excluding steroid dienone is 1. The van der Waals surface area contributed by atoms with Gasteiger partial charge in [-0.3, -0.25) is 11.3 Å². The smallest absolute Gasteiger partial charge is 0.0408 e. The molecular formula is C12H26N4. The average molecular weight is 226 g/mol. The van der Waals surface area contributed by atoms with Crippen LogP contribution in [0.25, 0.3) is 0 Å². The number of rotatable bonds is 4. The van der Waals surface area contributed by atoms with Crippen molar-refractivity contribution in [3.05, 3.63) is 11.6 Å². The molecule has 1 rings (SSSR count). The maximum absolute atomic E-state index is 5.59. The number of hydrogen-bond acceptors (Lipinski definition) is 4. The van der Waals surface area contributed by atoms with Crippen molar-refractivity contribution in [1.29, 1.82) is 0 Å². The van der Waals surface area contributed by atoms with Crippen molar-refractivity contribution in [3.8, 4) is 0 Å². The highest BCUT2D eigenvalue weighted by molar-refractivity contribution is 5.02. The molecule has 0 aromatic heterocycles. The first kappa shape index (κ1) is 13.6. The second-order valence-corrected chi connectivity index (χ2v) is 5.15. The quantitative estimate of drug-likeness (QED) is 0.414. The Morgan fingerprint density at radius 1 is 1.44 bits per heavy atom. The minimum absolute atomic E-state index is 0.281. The molecule has 1 aliphatic rings. The lowest BCUT2D eigenvalue weighted by Crippen LogP contribution is -2.52. The van der Waals surface area contributed by atoms with Gasteiger partial charge in [0, 0.05) is 31.7 Å². The predicted molar refractivity (Wildman–Crippen MR) is 69.1 cm³/mol. The van der Waals surface area contributed by atoms with Crippen molar-refractivity contribution < 1.29 is 0 Å². The summed E-state index contributed by atoms with van der Waals surface area (Å²) in [5, 5.41) is 0. The van der Waals surface area contributed by atoms with E-state index in [2.05, 4.69) is 49.2 Å². The predicted octanol–water partition coefficient (Wildman–Crippen LogP) is 0.420. The third-order valence-corrected chi connectivity index (χ3v) is 3.25. The van der Waals surface area contributed by atoms with E-state index >= 15 is 0 Å². The third-order valence-electron chi connectivity index (χ3n) is 3.25. The fourth-order valence-corrected chi connectivity index (χ4v) is 2.24. The summed E-state index contributed by atoms with van der Waals surface area (Å²) < 4.78 is 0. The van der Waals surface area contributed by atoms with Crippen LogP contribution < -0.4 is 11.3 Å². The maximum atomic E-state index is 5.59. The molecule has 0 aliphatic carbocycles. The van der Waals surface area contributed by atoms with Crippen LogP contribution in [0, 0.1) is 0 Å². The normalized spacial score (nSPS) is 25.4. The molecular weight excluding hydrogens is 200 g/mol. The van der Waals surface area contributed by atoms with Crippen molar-refractivity contribution in [1.82, 2.24) is 15.2 Å². The zero-order valence-corrected chi connectivity index (χ0v) is 11.0. The Morgan fingerprint density at radius 2 is 2.12 bits per heavy atom. The van der Waals surface area contributed by atoms with E-state index in [1.165, 1.54) is 5.57 Å². The summed E-state index contributed by atoms with van der Waals surface area (Å²) in [5.74, 6) is 5.59. The van der Waals surface area contributed by atoms with Crippen LogP contribution in [0.15, 0.2) is 11.6 Å². The minimum Gasteiger partial charge on any atom is -0.304 e. The molecule has 0 spiro atoms. The van der Waals surface area contributed by atoms with Crippen molar-refractivity contribution in [2.45, 2.75) is 32.4 Å². The van der Waals surface area contributed by atoms with E-state index in [1.807, 2.05) is 0 Å². The zero-order valence-electron chi connectivity index (χ0n) is 11.0. The molecule has 0 bridgehead atoms. The van der Waals surface area contributed by atoms with Gasteiger partial charge < -0.3 is 9.80 Å². The fourth-order valence-electron chi connectivity index (χ4n) is 2.24. The van der Waals surface area contributed by atoms with Gasteiger partial charge >= 0.3 is 0 Å². The Morgan fingerprint density at radius 3 is 2.69 bits per heavy atom. The van der Waals surface area contributed by atoms with E-state index in [4.69, 9.17) is 5.84 Å². The Kier molecular flexibility index (Phi) is 5.41. The Bertz CT molecular complexity index is 235. The Labute approximate surface area is 99.4 Å². The largest absolute Gasteiger partial charge is 0.304 e. The van der Waals surface area contributed by atoms with Gasteiger partial charge in [-0.05, 0) is 34.4 Å². The SMILES string of the molecule is CC(C)=CC(CC1CN(C)CCN1C)NN. The van der Waals surface area contributed by atoms with E-state index in [9.17, 15) is 0 Å². The molecule has 1 fully saturated rings. The molecule has 1 saturated heterocycles. The Balaban J connectivity index is 2.52. The highest BCUT2D eigenvalue weighted by Crippen LogP contribution is 2.12. The van der Waals surface area contributed by atoms with E-state index in [1.54, 1.807) is 0 Å². The lowest BCUT2D eigenvalue weighted by Gasteiger charge is -2.39. The van der Waals surface area contributed by atoms with Crippen LogP contribution in [0.2, 0.25) is 0 Å². The van der Waals surface area contributed by atoms with Crippen LogP contribution in [-0.2, 0) is 0 Å². The van der Waals surface area contributed by atoms with Crippen molar-refractivity contribution in [2.24, 2.45) is 5.84 Å². The van der Waals surface area contributed by atoms with Crippen LogP contribution in [0.3, 0.4) is 0 Å². The van der Waals surface area contributed by atoms with Gasteiger partial charge in [0.15, 0.2) is 0 Å². The van der Waals surface area contributed by atoms with Crippen molar-refractivity contribution in [2.75, 3.05) is 33.7 Å². The summed E-state index contributed by atoms with van der Waals surface area (Å²) in [4.78, 5) is 4.82. The number of nitrogens with two attached hydrogens (primary N) is 1. The fraction of sp³-hybridized carbons (Fsp3) is 0.833. The number of hydrazine groups is 1. The number of nitrogens with zero attached hydrogens (tertiary/aromatic N) is 2. The molecule has 4 nitrogen and oxygen atoms in total. The lowest BCUT2D eigenvalue weighted by molar-refractivity contribution is 0.104. The molecule has 0 radical (unpaired) electrons. The second-order valence-electron chi connectivity index (χ2n) is 5.15. The second kappa shape index (κ2) is 6.35. The van der Waals surface area contributed by atoms with Gasteiger partial charge in [0.2, 0.25) is 0 Å². The van der Waals surface area contributed by atoms with Gasteiger partial charge in [-0.15, -0.1) is 0 Å². The zero-order chi connectivity index (χ0) is 12.1. The minimum atomic E-state index is 0.281. The molecule has 1 aliphatic heterocycles. The summed E-state index contributed by atoms with van der Waals surface area (Å²) in [6.45, 7) is 7.66. The van der Waals surface area contributed by atoms with E-state index in [-0.39, 0.29) is 6.04 Å². The van der Waals surface area contributed by atoms with Gasteiger partial charge in [-0.1, -0.05) is 11.6 Å². The van der Waals surface area contributed by atoms with Gasteiger partial charge in [-0.2, -0.15) is 0 Å². The van der Waals surface area contributed by atoms with E-state index < -0.39 is 0 Å². The summed E-state index contributed by atoms with van der Waals surface area (Å²) in [7, 11) is 4.39. The van der Waals surface area contributed by atoms with Crippen LogP contribution in [0.4, 0.5) is 0 Å². The average Bonchev–Trinajstić information content (AvgIpc) is 2.21. The maximum Gasteiger partial charge on any atom is 0.0408 e. The van der Waals surface area contributed by atoms with Gasteiger partial charge in [0.25, 0.3) is 0 Å². The molecule has 94 valence electrons. The summed E-state index contributed by atoms with van der Waals surface area (Å²) in [6, 6.07) is 0.874. The van der Waals surface area contributed by atoms with Gasteiger partial charge in [0.05, 0.1) is 0 Å². The molecule has 1 heterocycles.